The molecule has 4 heteroatoms. The van der Waals surface area contributed by atoms with E-state index in [4.69, 9.17) is 9.47 Å². The van der Waals surface area contributed by atoms with Crippen molar-refractivity contribution in [2.45, 2.75) is 55.4 Å². The second-order valence-electron chi connectivity index (χ2n) is 8.66. The van der Waals surface area contributed by atoms with E-state index in [1.807, 2.05) is 32.0 Å². The van der Waals surface area contributed by atoms with E-state index in [0.29, 0.717) is 25.0 Å². The molecule has 0 aliphatic rings. The Labute approximate surface area is 178 Å². The molecule has 0 aromatic heterocycles. The summed E-state index contributed by atoms with van der Waals surface area (Å²) in [5, 5.41) is 0.935. The van der Waals surface area contributed by atoms with Crippen molar-refractivity contribution in [3.05, 3.63) is 52.1 Å². The maximum Gasteiger partial charge on any atom is 0.186 e. The Balaban J connectivity index is 2.33. The minimum atomic E-state index is 0.0182. The third-order valence-corrected chi connectivity index (χ3v) is 6.10. The molecule has 0 radical (unpaired) electrons. The molecule has 0 saturated carbocycles. The summed E-state index contributed by atoms with van der Waals surface area (Å²) in [6, 6.07) is 7.97. The maximum atomic E-state index is 13.2. The number of rotatable bonds is 9. The van der Waals surface area contributed by atoms with E-state index in [9.17, 15) is 4.79 Å². The van der Waals surface area contributed by atoms with Gasteiger partial charge in [0, 0.05) is 16.9 Å². The second kappa shape index (κ2) is 10.3. The van der Waals surface area contributed by atoms with Gasteiger partial charge in [0.05, 0.1) is 13.2 Å². The van der Waals surface area contributed by atoms with Gasteiger partial charge in [-0.2, -0.15) is 0 Å². The molecule has 1 unspecified atom stereocenters. The molecule has 0 saturated heterocycles. The second-order valence-corrected chi connectivity index (χ2v) is 9.90. The molecule has 158 valence electrons. The van der Waals surface area contributed by atoms with Crippen LogP contribution in [-0.2, 0) is 0 Å². The highest BCUT2D eigenvalue weighted by atomic mass is 31.1. The lowest BCUT2D eigenvalue weighted by molar-refractivity contribution is 0.108. The molecule has 0 amide bonds. The van der Waals surface area contributed by atoms with Gasteiger partial charge in [-0.3, -0.25) is 4.79 Å². The average molecular weight is 415 g/mol. The summed E-state index contributed by atoms with van der Waals surface area (Å²) in [6.45, 7) is 18.0. The number of hydrogen-bond acceptors (Lipinski definition) is 3. The molecular weight excluding hydrogens is 379 g/mol. The summed E-state index contributed by atoms with van der Waals surface area (Å²) >= 11 is 0. The van der Waals surface area contributed by atoms with Crippen molar-refractivity contribution in [2.75, 3.05) is 13.2 Å². The fourth-order valence-corrected chi connectivity index (χ4v) is 4.34. The van der Waals surface area contributed by atoms with Gasteiger partial charge in [0.15, 0.2) is 5.52 Å². The first kappa shape index (κ1) is 23.4. The van der Waals surface area contributed by atoms with Crippen LogP contribution in [0.4, 0.5) is 0 Å². The Morgan fingerprint density at radius 1 is 0.862 bits per heavy atom. The molecular formula is C25H35O3P. The van der Waals surface area contributed by atoms with E-state index in [1.165, 1.54) is 11.1 Å². The van der Waals surface area contributed by atoms with Crippen molar-refractivity contribution in [2.24, 2.45) is 11.8 Å². The van der Waals surface area contributed by atoms with Gasteiger partial charge in [0.25, 0.3) is 0 Å². The van der Waals surface area contributed by atoms with Gasteiger partial charge in [0.2, 0.25) is 0 Å². The van der Waals surface area contributed by atoms with Gasteiger partial charge in [0.1, 0.15) is 11.5 Å². The van der Waals surface area contributed by atoms with Gasteiger partial charge in [-0.15, -0.1) is 0 Å². The Morgan fingerprint density at radius 2 is 1.48 bits per heavy atom. The number of ether oxygens (including phenoxy) is 2. The van der Waals surface area contributed by atoms with E-state index in [2.05, 4.69) is 47.6 Å². The van der Waals surface area contributed by atoms with Gasteiger partial charge in [-0.1, -0.05) is 33.8 Å². The van der Waals surface area contributed by atoms with Crippen LogP contribution < -0.4 is 14.8 Å². The standard InChI is InChI=1S/C25H35O3P/c1-15(2)13-27-21-9-10-23(22(12-21)28-14-16(3)4)29-25(26)24-18(6)11-17(5)19(7)20(24)8/h9-12,15-16,29H,13-14H2,1-8H3. The third kappa shape index (κ3) is 6.31. The normalized spacial score (nSPS) is 11.7. The number of carbonyl (C=O) groups is 1. The van der Waals surface area contributed by atoms with Crippen LogP contribution in [0.3, 0.4) is 0 Å². The van der Waals surface area contributed by atoms with Crippen LogP contribution >= 0.6 is 8.58 Å². The third-order valence-electron chi connectivity index (χ3n) is 4.94. The number of benzene rings is 2. The van der Waals surface area contributed by atoms with Crippen LogP contribution in [0.2, 0.25) is 0 Å². The van der Waals surface area contributed by atoms with Crippen molar-refractivity contribution in [3.8, 4) is 11.5 Å². The minimum absolute atomic E-state index is 0.0182. The molecule has 0 spiro atoms. The Morgan fingerprint density at radius 3 is 2.10 bits per heavy atom. The fraction of sp³-hybridized carbons (Fsp3) is 0.480. The Bertz CT molecular complexity index is 869. The van der Waals surface area contributed by atoms with Crippen molar-refractivity contribution in [3.63, 3.8) is 0 Å². The highest BCUT2D eigenvalue weighted by molar-refractivity contribution is 7.66. The summed E-state index contributed by atoms with van der Waals surface area (Å²) in [7, 11) is 0.0182. The molecule has 0 N–H and O–H groups in total. The maximum absolute atomic E-state index is 13.2. The van der Waals surface area contributed by atoms with E-state index in [-0.39, 0.29) is 14.1 Å². The zero-order valence-electron chi connectivity index (χ0n) is 19.1. The molecule has 2 aromatic carbocycles. The molecule has 0 bridgehead atoms. The molecule has 3 nitrogen and oxygen atoms in total. The molecule has 0 fully saturated rings. The smallest absolute Gasteiger partial charge is 0.186 e. The van der Waals surface area contributed by atoms with Crippen molar-refractivity contribution in [1.82, 2.24) is 0 Å². The van der Waals surface area contributed by atoms with E-state index >= 15 is 0 Å². The zero-order chi connectivity index (χ0) is 21.7. The Kier molecular flexibility index (Phi) is 8.28. The highest BCUT2D eigenvalue weighted by Crippen LogP contribution is 2.31. The highest BCUT2D eigenvalue weighted by Gasteiger charge is 2.18. The lowest BCUT2D eigenvalue weighted by Gasteiger charge is -2.17. The quantitative estimate of drug-likeness (QED) is 0.463. The van der Waals surface area contributed by atoms with Crippen LogP contribution in [0, 0.1) is 39.5 Å². The zero-order valence-corrected chi connectivity index (χ0v) is 20.1. The van der Waals surface area contributed by atoms with Crippen LogP contribution in [0.1, 0.15) is 60.3 Å². The SMILES string of the molecule is Cc1cc(C)c(C(=O)Pc2ccc(OCC(C)C)cc2OCC(C)C)c(C)c1C. The summed E-state index contributed by atoms with van der Waals surface area (Å²) in [4.78, 5) is 13.2. The predicted molar refractivity (Wildman–Crippen MR) is 125 cm³/mol. The van der Waals surface area contributed by atoms with Crippen LogP contribution in [0.25, 0.3) is 0 Å². The average Bonchev–Trinajstić information content (AvgIpc) is 2.64. The first-order valence-electron chi connectivity index (χ1n) is 10.4. The molecule has 1 atom stereocenters. The molecule has 29 heavy (non-hydrogen) atoms. The number of aryl methyl sites for hydroxylation is 2. The molecule has 0 aliphatic carbocycles. The van der Waals surface area contributed by atoms with Gasteiger partial charge < -0.3 is 9.47 Å². The van der Waals surface area contributed by atoms with Gasteiger partial charge in [-0.25, -0.2) is 0 Å². The lowest BCUT2D eigenvalue weighted by atomic mass is 9.95. The van der Waals surface area contributed by atoms with E-state index in [0.717, 1.165) is 33.5 Å². The predicted octanol–water partition coefficient (Wildman–Crippen LogP) is 6.13. The first-order chi connectivity index (χ1) is 13.6. The number of carbonyl (C=O) groups excluding carboxylic acids is 1. The molecule has 2 aromatic rings. The summed E-state index contributed by atoms with van der Waals surface area (Å²) < 4.78 is 11.9. The Hall–Kier alpha value is -1.86. The van der Waals surface area contributed by atoms with Gasteiger partial charge in [-0.05, 0) is 82.5 Å². The first-order valence-corrected chi connectivity index (χ1v) is 11.4. The molecule has 0 aliphatic heterocycles. The van der Waals surface area contributed by atoms with E-state index < -0.39 is 0 Å². The summed E-state index contributed by atoms with van der Waals surface area (Å²) in [6.07, 6.45) is 0. The summed E-state index contributed by atoms with van der Waals surface area (Å²) in [5.41, 5.74) is 5.56. The van der Waals surface area contributed by atoms with Gasteiger partial charge >= 0.3 is 0 Å². The van der Waals surface area contributed by atoms with Crippen LogP contribution in [0.15, 0.2) is 24.3 Å². The van der Waals surface area contributed by atoms with Crippen LogP contribution in [-0.4, -0.2) is 18.7 Å². The van der Waals surface area contributed by atoms with Crippen molar-refractivity contribution < 1.29 is 14.3 Å². The van der Waals surface area contributed by atoms with Crippen molar-refractivity contribution >= 4 is 19.4 Å². The number of hydrogen-bond donors (Lipinski definition) is 0. The van der Waals surface area contributed by atoms with E-state index in [1.54, 1.807) is 0 Å². The monoisotopic (exact) mass is 414 g/mol. The lowest BCUT2D eigenvalue weighted by Crippen LogP contribution is -2.13. The fourth-order valence-electron chi connectivity index (χ4n) is 3.15. The topological polar surface area (TPSA) is 35.5 Å². The largest absolute Gasteiger partial charge is 0.493 e. The van der Waals surface area contributed by atoms with Crippen LogP contribution in [0.5, 0.6) is 11.5 Å². The molecule has 0 heterocycles. The summed E-state index contributed by atoms with van der Waals surface area (Å²) in [5.74, 6) is 2.41. The molecule has 2 rings (SSSR count). The minimum Gasteiger partial charge on any atom is -0.493 e. The van der Waals surface area contributed by atoms with Crippen molar-refractivity contribution in [1.29, 1.82) is 0 Å².